The molecule has 9 heteroatoms. The van der Waals surface area contributed by atoms with Crippen LogP contribution < -0.4 is 5.32 Å². The summed E-state index contributed by atoms with van der Waals surface area (Å²) >= 11 is 5.99. The van der Waals surface area contributed by atoms with Crippen molar-refractivity contribution in [3.05, 3.63) is 74.6 Å². The van der Waals surface area contributed by atoms with Crippen LogP contribution in [0.1, 0.15) is 21.7 Å². The van der Waals surface area contributed by atoms with Crippen LogP contribution in [0.25, 0.3) is 5.69 Å². The highest BCUT2D eigenvalue weighted by Gasteiger charge is 2.19. The first-order chi connectivity index (χ1) is 12.4. The molecule has 0 bridgehead atoms. The number of aryl methyl sites for hydroxylation is 1. The van der Waals surface area contributed by atoms with Gasteiger partial charge in [-0.3, -0.25) is 14.9 Å². The second-order valence-electron chi connectivity index (χ2n) is 5.63. The lowest BCUT2D eigenvalue weighted by molar-refractivity contribution is -0.384. The number of benzene rings is 2. The summed E-state index contributed by atoms with van der Waals surface area (Å²) in [5.74, 6) is -0.451. The average Bonchev–Trinajstić information content (AvgIpc) is 2.98. The van der Waals surface area contributed by atoms with Crippen LogP contribution in [-0.2, 0) is 0 Å². The Morgan fingerprint density at radius 3 is 2.65 bits per heavy atom. The predicted molar refractivity (Wildman–Crippen MR) is 96.9 cm³/mol. The SMILES string of the molecule is Cc1cc([N+](=O)[O-])ccc1NC(=O)c1nnn(-c2cccc(Cl)c2)c1C. The quantitative estimate of drug-likeness (QED) is 0.556. The third-order valence-corrected chi connectivity index (χ3v) is 4.07. The van der Waals surface area contributed by atoms with Crippen LogP contribution in [0.4, 0.5) is 11.4 Å². The van der Waals surface area contributed by atoms with Crippen molar-refractivity contribution in [1.29, 1.82) is 0 Å². The Balaban J connectivity index is 1.86. The van der Waals surface area contributed by atoms with Crippen molar-refractivity contribution in [3.63, 3.8) is 0 Å². The number of hydrogen-bond acceptors (Lipinski definition) is 5. The summed E-state index contributed by atoms with van der Waals surface area (Å²) in [6.45, 7) is 3.40. The van der Waals surface area contributed by atoms with Crippen LogP contribution in [0.3, 0.4) is 0 Å². The van der Waals surface area contributed by atoms with Crippen LogP contribution in [0.5, 0.6) is 0 Å². The molecule has 0 fully saturated rings. The van der Waals surface area contributed by atoms with Crippen LogP contribution in [0.15, 0.2) is 42.5 Å². The number of non-ortho nitro benzene ring substituents is 1. The minimum Gasteiger partial charge on any atom is -0.320 e. The Hall–Kier alpha value is -3.26. The minimum atomic E-state index is -0.487. The van der Waals surface area contributed by atoms with Crippen molar-refractivity contribution in [2.24, 2.45) is 0 Å². The smallest absolute Gasteiger partial charge is 0.278 e. The summed E-state index contributed by atoms with van der Waals surface area (Å²) < 4.78 is 1.52. The maximum Gasteiger partial charge on any atom is 0.278 e. The molecule has 0 saturated carbocycles. The van der Waals surface area contributed by atoms with Gasteiger partial charge in [0.2, 0.25) is 0 Å². The molecule has 0 radical (unpaired) electrons. The van der Waals surface area contributed by atoms with Crippen molar-refractivity contribution >= 4 is 28.9 Å². The first kappa shape index (κ1) is 17.6. The number of anilines is 1. The van der Waals surface area contributed by atoms with E-state index >= 15 is 0 Å². The third kappa shape index (κ3) is 3.40. The molecule has 0 saturated heterocycles. The molecule has 0 atom stereocenters. The van der Waals surface area contributed by atoms with Crippen LogP contribution in [0, 0.1) is 24.0 Å². The summed E-state index contributed by atoms with van der Waals surface area (Å²) in [5, 5.41) is 22.0. The van der Waals surface area contributed by atoms with Gasteiger partial charge in [-0.1, -0.05) is 22.9 Å². The van der Waals surface area contributed by atoms with Gasteiger partial charge in [0.25, 0.3) is 11.6 Å². The molecule has 26 heavy (non-hydrogen) atoms. The van der Waals surface area contributed by atoms with E-state index < -0.39 is 10.8 Å². The van der Waals surface area contributed by atoms with Gasteiger partial charge in [-0.05, 0) is 43.7 Å². The zero-order valence-electron chi connectivity index (χ0n) is 13.9. The van der Waals surface area contributed by atoms with Gasteiger partial charge in [-0.15, -0.1) is 5.10 Å². The van der Waals surface area contributed by atoms with Crippen LogP contribution >= 0.6 is 11.6 Å². The molecule has 132 valence electrons. The number of rotatable bonds is 4. The number of carbonyl (C=O) groups excluding carboxylic acids is 1. The molecule has 8 nitrogen and oxygen atoms in total. The molecule has 3 rings (SSSR count). The molecule has 2 aromatic carbocycles. The molecule has 3 aromatic rings. The Bertz CT molecular complexity index is 1020. The molecule has 1 N–H and O–H groups in total. The van der Waals surface area contributed by atoms with Gasteiger partial charge in [0.15, 0.2) is 5.69 Å². The highest BCUT2D eigenvalue weighted by molar-refractivity contribution is 6.30. The Morgan fingerprint density at radius 1 is 1.23 bits per heavy atom. The Kier molecular flexibility index (Phi) is 4.68. The predicted octanol–water partition coefficient (Wildman–Crippen LogP) is 3.70. The molecular weight excluding hydrogens is 358 g/mol. The molecule has 0 aliphatic heterocycles. The fourth-order valence-electron chi connectivity index (χ4n) is 2.48. The minimum absolute atomic E-state index is 0.0384. The van der Waals surface area contributed by atoms with E-state index in [9.17, 15) is 14.9 Å². The number of halogens is 1. The standard InChI is InChI=1S/C17H14ClN5O3/c1-10-8-14(23(25)26)6-7-15(10)19-17(24)16-11(2)22(21-20-16)13-5-3-4-12(18)9-13/h3-9H,1-2H3,(H,19,24). The number of nitrogens with one attached hydrogen (secondary N) is 1. The summed E-state index contributed by atoms with van der Waals surface area (Å²) in [6, 6.07) is 11.2. The number of nitro groups is 1. The van der Waals surface area contributed by atoms with E-state index in [0.29, 0.717) is 27.7 Å². The Labute approximate surface area is 153 Å². The molecule has 1 heterocycles. The summed E-state index contributed by atoms with van der Waals surface area (Å²) in [7, 11) is 0. The number of nitro benzene ring substituents is 1. The van der Waals surface area contributed by atoms with Gasteiger partial charge >= 0.3 is 0 Å². The summed E-state index contributed by atoms with van der Waals surface area (Å²) in [4.78, 5) is 22.8. The lowest BCUT2D eigenvalue weighted by Gasteiger charge is -2.07. The topological polar surface area (TPSA) is 103 Å². The number of aromatic nitrogens is 3. The highest BCUT2D eigenvalue weighted by atomic mass is 35.5. The van der Waals surface area contributed by atoms with Crippen molar-refractivity contribution in [2.45, 2.75) is 13.8 Å². The molecule has 0 aliphatic rings. The van der Waals surface area contributed by atoms with Crippen molar-refractivity contribution in [2.75, 3.05) is 5.32 Å². The normalized spacial score (nSPS) is 10.6. The van der Waals surface area contributed by atoms with Gasteiger partial charge in [0.05, 0.1) is 16.3 Å². The van der Waals surface area contributed by atoms with Crippen molar-refractivity contribution in [1.82, 2.24) is 15.0 Å². The monoisotopic (exact) mass is 371 g/mol. The summed E-state index contributed by atoms with van der Waals surface area (Å²) in [6.07, 6.45) is 0. The van der Waals surface area contributed by atoms with E-state index in [1.54, 1.807) is 38.1 Å². The van der Waals surface area contributed by atoms with Crippen LogP contribution in [0.2, 0.25) is 5.02 Å². The van der Waals surface area contributed by atoms with Gasteiger partial charge in [0.1, 0.15) is 0 Å². The zero-order valence-corrected chi connectivity index (χ0v) is 14.7. The van der Waals surface area contributed by atoms with E-state index in [-0.39, 0.29) is 11.4 Å². The van der Waals surface area contributed by atoms with E-state index in [4.69, 9.17) is 11.6 Å². The number of carbonyl (C=O) groups is 1. The number of nitrogens with zero attached hydrogens (tertiary/aromatic N) is 4. The zero-order chi connectivity index (χ0) is 18.8. The fourth-order valence-corrected chi connectivity index (χ4v) is 2.66. The van der Waals surface area contributed by atoms with E-state index in [2.05, 4.69) is 15.6 Å². The maximum absolute atomic E-state index is 12.5. The molecule has 0 spiro atoms. The molecule has 1 aromatic heterocycles. The molecular formula is C17H14ClN5O3. The average molecular weight is 372 g/mol. The van der Waals surface area contributed by atoms with Gasteiger partial charge in [-0.25, -0.2) is 4.68 Å². The second-order valence-corrected chi connectivity index (χ2v) is 6.06. The molecule has 0 unspecified atom stereocenters. The first-order valence-electron chi connectivity index (χ1n) is 7.61. The van der Waals surface area contributed by atoms with Crippen LogP contribution in [-0.4, -0.2) is 25.8 Å². The van der Waals surface area contributed by atoms with E-state index in [1.165, 1.54) is 22.9 Å². The van der Waals surface area contributed by atoms with E-state index in [1.807, 2.05) is 0 Å². The summed E-state index contributed by atoms with van der Waals surface area (Å²) in [5.41, 5.74) is 2.40. The third-order valence-electron chi connectivity index (χ3n) is 3.83. The van der Waals surface area contributed by atoms with Gasteiger partial charge in [-0.2, -0.15) is 0 Å². The first-order valence-corrected chi connectivity index (χ1v) is 7.99. The highest BCUT2D eigenvalue weighted by Crippen LogP contribution is 2.22. The van der Waals surface area contributed by atoms with E-state index in [0.717, 1.165) is 0 Å². The molecule has 1 amide bonds. The fraction of sp³-hybridized carbons (Fsp3) is 0.118. The van der Waals surface area contributed by atoms with Gasteiger partial charge in [0, 0.05) is 22.8 Å². The number of hydrogen-bond donors (Lipinski definition) is 1. The largest absolute Gasteiger partial charge is 0.320 e. The molecule has 0 aliphatic carbocycles. The number of amides is 1. The maximum atomic E-state index is 12.5. The Morgan fingerprint density at radius 2 is 2.00 bits per heavy atom. The lowest BCUT2D eigenvalue weighted by atomic mass is 10.1. The van der Waals surface area contributed by atoms with Gasteiger partial charge < -0.3 is 5.32 Å². The lowest BCUT2D eigenvalue weighted by Crippen LogP contribution is -2.15. The second kappa shape index (κ2) is 6.93. The van der Waals surface area contributed by atoms with Crippen molar-refractivity contribution in [3.8, 4) is 5.69 Å². The van der Waals surface area contributed by atoms with Crippen molar-refractivity contribution < 1.29 is 9.72 Å².